The fraction of sp³-hybridized carbons (Fsp3) is 0.440. The number of ether oxygens (including phenoxy) is 1. The highest BCUT2D eigenvalue weighted by molar-refractivity contribution is 6.04. The molecule has 1 heterocycles. The quantitative estimate of drug-likeness (QED) is 0.522. The second-order valence-corrected chi connectivity index (χ2v) is 8.23. The van der Waals surface area contributed by atoms with Gasteiger partial charge in [-0.3, -0.25) is 4.79 Å². The van der Waals surface area contributed by atoms with Crippen LogP contribution in [0.3, 0.4) is 0 Å². The minimum atomic E-state index is -0.334. The lowest BCUT2D eigenvalue weighted by molar-refractivity contribution is 0.0949. The lowest BCUT2D eigenvalue weighted by Gasteiger charge is -2.30. The Labute approximate surface area is 190 Å². The smallest absolute Gasteiger partial charge is 0.323 e. The molecule has 32 heavy (non-hydrogen) atoms. The topological polar surface area (TPSA) is 82.7 Å². The molecule has 1 fully saturated rings. The molecular formula is C25H34N4O3. The Bertz CT molecular complexity index is 919. The van der Waals surface area contributed by atoms with Gasteiger partial charge in [0.1, 0.15) is 0 Å². The predicted octanol–water partition coefficient (Wildman–Crippen LogP) is 4.70. The van der Waals surface area contributed by atoms with Crippen LogP contribution >= 0.6 is 0 Å². The molecule has 7 heteroatoms. The normalized spacial score (nSPS) is 13.5. The average Bonchev–Trinajstić information content (AvgIpc) is 2.79. The van der Waals surface area contributed by atoms with Crippen LogP contribution in [0, 0.1) is 13.8 Å². The van der Waals surface area contributed by atoms with Gasteiger partial charge in [-0.15, -0.1) is 0 Å². The molecule has 0 atom stereocenters. The minimum absolute atomic E-state index is 0.138. The molecule has 3 amide bonds. The van der Waals surface area contributed by atoms with E-state index < -0.39 is 0 Å². The van der Waals surface area contributed by atoms with Crippen molar-refractivity contribution in [1.29, 1.82) is 0 Å². The number of hydrogen-bond donors (Lipinski definition) is 3. The zero-order valence-electron chi connectivity index (χ0n) is 19.3. The summed E-state index contributed by atoms with van der Waals surface area (Å²) in [5, 5.41) is 8.78. The maximum atomic E-state index is 13.0. The molecule has 2 aromatic carbocycles. The first-order valence-electron chi connectivity index (χ1n) is 11.3. The van der Waals surface area contributed by atoms with Crippen LogP contribution in [0.2, 0.25) is 0 Å². The Morgan fingerprint density at radius 3 is 2.41 bits per heavy atom. The van der Waals surface area contributed by atoms with Gasteiger partial charge in [0.05, 0.1) is 5.56 Å². The number of carbonyl (C=O) groups is 2. The molecule has 1 aliphatic rings. The summed E-state index contributed by atoms with van der Waals surface area (Å²) in [7, 11) is 1.65. The van der Waals surface area contributed by atoms with Crippen molar-refractivity contribution < 1.29 is 14.3 Å². The van der Waals surface area contributed by atoms with Gasteiger partial charge in [0.25, 0.3) is 5.91 Å². The van der Waals surface area contributed by atoms with E-state index in [2.05, 4.69) is 20.9 Å². The first-order valence-corrected chi connectivity index (χ1v) is 11.3. The van der Waals surface area contributed by atoms with Gasteiger partial charge in [0, 0.05) is 50.4 Å². The summed E-state index contributed by atoms with van der Waals surface area (Å²) in [4.78, 5) is 27.9. The summed E-state index contributed by atoms with van der Waals surface area (Å²) in [6, 6.07) is 11.1. The molecular weight excluding hydrogens is 404 g/mol. The maximum absolute atomic E-state index is 13.0. The van der Waals surface area contributed by atoms with Crippen molar-refractivity contribution in [3.63, 3.8) is 0 Å². The van der Waals surface area contributed by atoms with Gasteiger partial charge in [0.15, 0.2) is 0 Å². The second kappa shape index (κ2) is 11.5. The van der Waals surface area contributed by atoms with Crippen LogP contribution < -0.4 is 20.9 Å². The van der Waals surface area contributed by atoms with Crippen LogP contribution in [-0.4, -0.2) is 45.3 Å². The van der Waals surface area contributed by atoms with Gasteiger partial charge in [0.2, 0.25) is 0 Å². The fourth-order valence-electron chi connectivity index (χ4n) is 4.01. The number of piperidine rings is 1. The molecule has 3 N–H and O–H groups in total. The van der Waals surface area contributed by atoms with Crippen LogP contribution in [-0.2, 0) is 4.74 Å². The number of benzene rings is 2. The van der Waals surface area contributed by atoms with Crippen molar-refractivity contribution in [3.8, 4) is 0 Å². The van der Waals surface area contributed by atoms with Gasteiger partial charge in [-0.1, -0.05) is 18.2 Å². The average molecular weight is 439 g/mol. The van der Waals surface area contributed by atoms with E-state index in [1.165, 1.54) is 6.42 Å². The number of rotatable bonds is 8. The highest BCUT2D eigenvalue weighted by Crippen LogP contribution is 2.28. The number of carbonyl (C=O) groups excluding carboxylic acids is 2. The molecule has 0 radical (unpaired) electrons. The molecule has 0 unspecified atom stereocenters. The Hall–Kier alpha value is -3.06. The van der Waals surface area contributed by atoms with Gasteiger partial charge < -0.3 is 25.6 Å². The Kier molecular flexibility index (Phi) is 8.50. The van der Waals surface area contributed by atoms with E-state index in [1.807, 2.05) is 44.2 Å². The lowest BCUT2D eigenvalue weighted by Crippen LogP contribution is -2.33. The number of nitrogens with zero attached hydrogens (tertiary/aromatic N) is 1. The summed E-state index contributed by atoms with van der Waals surface area (Å²) < 4.78 is 5.06. The largest absolute Gasteiger partial charge is 0.385 e. The number of urea groups is 1. The molecule has 1 aliphatic heterocycles. The van der Waals surface area contributed by atoms with Crippen LogP contribution in [0.5, 0.6) is 0 Å². The first kappa shape index (κ1) is 23.6. The molecule has 0 spiro atoms. The third-order valence-corrected chi connectivity index (χ3v) is 5.73. The van der Waals surface area contributed by atoms with Crippen LogP contribution in [0.15, 0.2) is 36.4 Å². The summed E-state index contributed by atoms with van der Waals surface area (Å²) in [6.45, 7) is 6.92. The minimum Gasteiger partial charge on any atom is -0.385 e. The van der Waals surface area contributed by atoms with E-state index in [1.54, 1.807) is 13.2 Å². The van der Waals surface area contributed by atoms with Gasteiger partial charge in [-0.05, 0) is 68.9 Å². The zero-order valence-corrected chi connectivity index (χ0v) is 19.3. The van der Waals surface area contributed by atoms with Gasteiger partial charge >= 0.3 is 6.03 Å². The monoisotopic (exact) mass is 438 g/mol. The SMILES string of the molecule is COCCCNC(=O)c1cc(NC(=O)Nc2c(C)cccc2C)ccc1N1CCCCC1. The summed E-state index contributed by atoms with van der Waals surface area (Å²) in [5.41, 5.74) is 4.86. The number of aryl methyl sites for hydroxylation is 2. The van der Waals surface area contributed by atoms with Crippen molar-refractivity contribution >= 4 is 29.0 Å². The van der Waals surface area contributed by atoms with E-state index in [9.17, 15) is 9.59 Å². The Morgan fingerprint density at radius 1 is 1.00 bits per heavy atom. The van der Waals surface area contributed by atoms with Crippen molar-refractivity contribution in [2.24, 2.45) is 0 Å². The molecule has 1 saturated heterocycles. The molecule has 7 nitrogen and oxygen atoms in total. The lowest BCUT2D eigenvalue weighted by atomic mass is 10.1. The summed E-state index contributed by atoms with van der Waals surface area (Å²) in [5.74, 6) is -0.138. The van der Waals surface area contributed by atoms with Crippen molar-refractivity contribution in [2.75, 3.05) is 48.9 Å². The highest BCUT2D eigenvalue weighted by atomic mass is 16.5. The van der Waals surface area contributed by atoms with E-state index >= 15 is 0 Å². The van der Waals surface area contributed by atoms with Crippen molar-refractivity contribution in [1.82, 2.24) is 5.32 Å². The van der Waals surface area contributed by atoms with E-state index in [-0.39, 0.29) is 11.9 Å². The predicted molar refractivity (Wildman–Crippen MR) is 130 cm³/mol. The maximum Gasteiger partial charge on any atom is 0.323 e. The van der Waals surface area contributed by atoms with E-state index in [0.29, 0.717) is 24.4 Å². The van der Waals surface area contributed by atoms with E-state index in [4.69, 9.17) is 4.74 Å². The third kappa shape index (κ3) is 6.23. The van der Waals surface area contributed by atoms with Gasteiger partial charge in [-0.25, -0.2) is 4.79 Å². The van der Waals surface area contributed by atoms with Gasteiger partial charge in [-0.2, -0.15) is 0 Å². The van der Waals surface area contributed by atoms with Crippen molar-refractivity contribution in [3.05, 3.63) is 53.1 Å². The van der Waals surface area contributed by atoms with Crippen LogP contribution in [0.4, 0.5) is 21.9 Å². The molecule has 2 aromatic rings. The third-order valence-electron chi connectivity index (χ3n) is 5.73. The second-order valence-electron chi connectivity index (χ2n) is 8.23. The highest BCUT2D eigenvalue weighted by Gasteiger charge is 2.20. The van der Waals surface area contributed by atoms with Crippen molar-refractivity contribution in [2.45, 2.75) is 39.5 Å². The standard InChI is InChI=1S/C25H34N4O3/c1-18-9-7-10-19(2)23(18)28-25(31)27-20-11-12-22(29-14-5-4-6-15-29)21(17-20)24(30)26-13-8-16-32-3/h7,9-12,17H,4-6,8,13-16H2,1-3H3,(H,26,30)(H2,27,28,31). The zero-order chi connectivity index (χ0) is 22.9. The Morgan fingerprint density at radius 2 is 1.72 bits per heavy atom. The van der Waals surface area contributed by atoms with E-state index in [0.717, 1.165) is 54.9 Å². The number of anilines is 3. The summed E-state index contributed by atoms with van der Waals surface area (Å²) >= 11 is 0. The number of hydrogen-bond acceptors (Lipinski definition) is 4. The number of nitrogens with one attached hydrogen (secondary N) is 3. The van der Waals surface area contributed by atoms with Crippen LogP contribution in [0.1, 0.15) is 47.2 Å². The molecule has 3 rings (SSSR count). The molecule has 0 aromatic heterocycles. The first-order chi connectivity index (χ1) is 15.5. The number of methoxy groups -OCH3 is 1. The molecule has 172 valence electrons. The molecule has 0 saturated carbocycles. The fourth-order valence-corrected chi connectivity index (χ4v) is 4.01. The number of amides is 3. The number of para-hydroxylation sites is 1. The van der Waals surface area contributed by atoms with Crippen LogP contribution in [0.25, 0.3) is 0 Å². The molecule has 0 bridgehead atoms. The summed E-state index contributed by atoms with van der Waals surface area (Å²) in [6.07, 6.45) is 4.20. The molecule has 0 aliphatic carbocycles. The Balaban J connectivity index is 1.77.